The zero-order valence-electron chi connectivity index (χ0n) is 15.4. The number of rotatable bonds is 5. The molecule has 0 N–H and O–H groups in total. The summed E-state index contributed by atoms with van der Waals surface area (Å²) in [6.07, 6.45) is 6.06. The molecule has 1 fully saturated rings. The number of hydrogen-bond acceptors (Lipinski definition) is 4. The summed E-state index contributed by atoms with van der Waals surface area (Å²) in [5.41, 5.74) is 2.20. The van der Waals surface area contributed by atoms with Gasteiger partial charge in [0.1, 0.15) is 17.8 Å². The van der Waals surface area contributed by atoms with Gasteiger partial charge in [-0.3, -0.25) is 4.57 Å². The Labute approximate surface area is 164 Å². The molecule has 0 amide bonds. The molecule has 0 radical (unpaired) electrons. The van der Waals surface area contributed by atoms with Crippen molar-refractivity contribution in [2.24, 2.45) is 0 Å². The highest BCUT2D eigenvalue weighted by molar-refractivity contribution is 6.17. The third kappa shape index (κ3) is 3.98. The number of aromatic nitrogens is 4. The van der Waals surface area contributed by atoms with Crippen LogP contribution in [-0.2, 0) is 5.88 Å². The number of ether oxygens (including phenoxy) is 1. The Bertz CT molecular complexity index is 871. The third-order valence-electron chi connectivity index (χ3n) is 5.16. The fourth-order valence-electron chi connectivity index (χ4n) is 3.72. The molecule has 3 aromatic rings. The van der Waals surface area contributed by atoms with Gasteiger partial charge >= 0.3 is 0 Å². The molecule has 0 aliphatic heterocycles. The van der Waals surface area contributed by atoms with Gasteiger partial charge in [-0.1, -0.05) is 18.2 Å². The first kappa shape index (κ1) is 18.0. The summed E-state index contributed by atoms with van der Waals surface area (Å²) in [4.78, 5) is 4.26. The first-order valence-corrected chi connectivity index (χ1v) is 9.93. The second-order valence-electron chi connectivity index (χ2n) is 7.00. The monoisotopic (exact) mass is 382 g/mol. The van der Waals surface area contributed by atoms with Gasteiger partial charge < -0.3 is 4.74 Å². The van der Waals surface area contributed by atoms with E-state index in [-0.39, 0.29) is 6.10 Å². The van der Waals surface area contributed by atoms with Crippen LogP contribution in [-0.4, -0.2) is 25.9 Å². The number of aryl methyl sites for hydroxylation is 1. The Morgan fingerprint density at radius 1 is 1.04 bits per heavy atom. The first-order valence-electron chi connectivity index (χ1n) is 9.39. The topological polar surface area (TPSA) is 52.8 Å². The van der Waals surface area contributed by atoms with Gasteiger partial charge in [-0.15, -0.1) is 21.8 Å². The lowest BCUT2D eigenvalue weighted by Crippen LogP contribution is -2.25. The second kappa shape index (κ2) is 8.09. The first-order chi connectivity index (χ1) is 13.2. The van der Waals surface area contributed by atoms with Gasteiger partial charge in [-0.25, -0.2) is 4.98 Å². The standard InChI is InChI=1S/C21H23ClN4O/c1-15-24-25-21(26(15)18-9-5-16(14-22)6-10-18)17-7-11-19(12-8-17)27-20-4-2-3-13-23-20/h2-6,9-10,13,17,19H,7-8,11-12,14H2,1H3. The fraction of sp³-hybridized carbons (Fsp3) is 0.381. The maximum Gasteiger partial charge on any atom is 0.213 e. The summed E-state index contributed by atoms with van der Waals surface area (Å²) in [6, 6.07) is 14.1. The highest BCUT2D eigenvalue weighted by Crippen LogP contribution is 2.34. The molecule has 140 valence electrons. The van der Waals surface area contributed by atoms with Crippen molar-refractivity contribution in [3.05, 3.63) is 65.9 Å². The van der Waals surface area contributed by atoms with Crippen LogP contribution in [0.3, 0.4) is 0 Å². The van der Waals surface area contributed by atoms with Gasteiger partial charge in [-0.2, -0.15) is 0 Å². The number of pyridine rings is 1. The maximum absolute atomic E-state index is 6.02. The Kier molecular flexibility index (Phi) is 5.39. The van der Waals surface area contributed by atoms with Crippen LogP contribution in [0, 0.1) is 6.92 Å². The SMILES string of the molecule is Cc1nnc(C2CCC(Oc3ccccn3)CC2)n1-c1ccc(CCl)cc1. The van der Waals surface area contributed by atoms with Crippen LogP contribution in [0.15, 0.2) is 48.7 Å². The van der Waals surface area contributed by atoms with E-state index in [1.54, 1.807) is 6.20 Å². The van der Waals surface area contributed by atoms with Crippen LogP contribution >= 0.6 is 11.6 Å². The van der Waals surface area contributed by atoms with Crippen molar-refractivity contribution < 1.29 is 4.74 Å². The molecule has 27 heavy (non-hydrogen) atoms. The highest BCUT2D eigenvalue weighted by atomic mass is 35.5. The Morgan fingerprint density at radius 2 is 1.81 bits per heavy atom. The van der Waals surface area contributed by atoms with Crippen molar-refractivity contribution in [2.75, 3.05) is 0 Å². The number of benzene rings is 1. The largest absolute Gasteiger partial charge is 0.474 e. The molecule has 0 unspecified atom stereocenters. The van der Waals surface area contributed by atoms with Gasteiger partial charge in [-0.05, 0) is 56.4 Å². The molecular formula is C21H23ClN4O. The summed E-state index contributed by atoms with van der Waals surface area (Å²) in [5, 5.41) is 8.84. The van der Waals surface area contributed by atoms with Gasteiger partial charge in [0.25, 0.3) is 0 Å². The molecule has 2 aromatic heterocycles. The second-order valence-corrected chi connectivity index (χ2v) is 7.27. The minimum absolute atomic E-state index is 0.219. The van der Waals surface area contributed by atoms with E-state index in [9.17, 15) is 0 Å². The minimum atomic E-state index is 0.219. The van der Waals surface area contributed by atoms with E-state index in [0.717, 1.165) is 48.6 Å². The molecule has 2 heterocycles. The molecule has 0 saturated heterocycles. The number of nitrogens with zero attached hydrogens (tertiary/aromatic N) is 4. The van der Waals surface area contributed by atoms with E-state index in [4.69, 9.17) is 16.3 Å². The lowest BCUT2D eigenvalue weighted by atomic mass is 9.86. The molecule has 1 aliphatic rings. The normalized spacial score (nSPS) is 19.8. The van der Waals surface area contributed by atoms with Crippen molar-refractivity contribution in [1.29, 1.82) is 0 Å². The number of alkyl halides is 1. The van der Waals surface area contributed by atoms with E-state index >= 15 is 0 Å². The average Bonchev–Trinajstić information content (AvgIpc) is 3.11. The predicted octanol–water partition coefficient (Wildman–Crippen LogP) is 4.81. The summed E-state index contributed by atoms with van der Waals surface area (Å²) < 4.78 is 8.19. The van der Waals surface area contributed by atoms with Crippen LogP contribution in [0.4, 0.5) is 0 Å². The molecule has 6 heteroatoms. The van der Waals surface area contributed by atoms with E-state index in [1.165, 1.54) is 0 Å². The summed E-state index contributed by atoms with van der Waals surface area (Å²) in [7, 11) is 0. The average molecular weight is 383 g/mol. The number of halogens is 1. The fourth-order valence-corrected chi connectivity index (χ4v) is 3.90. The van der Waals surface area contributed by atoms with E-state index in [0.29, 0.717) is 17.7 Å². The van der Waals surface area contributed by atoms with Crippen LogP contribution in [0.5, 0.6) is 5.88 Å². The van der Waals surface area contributed by atoms with Gasteiger partial charge in [0, 0.05) is 29.7 Å². The van der Waals surface area contributed by atoms with Gasteiger partial charge in [0.2, 0.25) is 5.88 Å². The summed E-state index contributed by atoms with van der Waals surface area (Å²) in [5.74, 6) is 3.58. The highest BCUT2D eigenvalue weighted by Gasteiger charge is 2.28. The lowest BCUT2D eigenvalue weighted by molar-refractivity contribution is 0.139. The van der Waals surface area contributed by atoms with Crippen molar-refractivity contribution in [1.82, 2.24) is 19.7 Å². The zero-order valence-corrected chi connectivity index (χ0v) is 16.1. The van der Waals surface area contributed by atoms with Crippen LogP contribution < -0.4 is 4.74 Å². The van der Waals surface area contributed by atoms with Gasteiger partial charge in [0.05, 0.1) is 0 Å². The third-order valence-corrected chi connectivity index (χ3v) is 5.47. The molecule has 0 bridgehead atoms. The summed E-state index contributed by atoms with van der Waals surface area (Å²) in [6.45, 7) is 2.00. The quantitative estimate of drug-likeness (QED) is 0.594. The maximum atomic E-state index is 6.02. The molecular weight excluding hydrogens is 360 g/mol. The van der Waals surface area contributed by atoms with Crippen LogP contribution in [0.1, 0.15) is 48.8 Å². The van der Waals surface area contributed by atoms with E-state index in [1.807, 2.05) is 25.1 Å². The van der Waals surface area contributed by atoms with Crippen LogP contribution in [0.25, 0.3) is 5.69 Å². The lowest BCUT2D eigenvalue weighted by Gasteiger charge is -2.28. The minimum Gasteiger partial charge on any atom is -0.474 e. The van der Waals surface area contributed by atoms with E-state index in [2.05, 4.69) is 44.0 Å². The molecule has 1 saturated carbocycles. The summed E-state index contributed by atoms with van der Waals surface area (Å²) >= 11 is 5.91. The molecule has 0 spiro atoms. The van der Waals surface area contributed by atoms with Crippen molar-refractivity contribution in [2.45, 2.75) is 50.5 Å². The van der Waals surface area contributed by atoms with Crippen molar-refractivity contribution in [3.63, 3.8) is 0 Å². The molecule has 4 rings (SSSR count). The van der Waals surface area contributed by atoms with Crippen molar-refractivity contribution >= 4 is 11.6 Å². The Hall–Kier alpha value is -2.40. The smallest absolute Gasteiger partial charge is 0.213 e. The predicted molar refractivity (Wildman–Crippen MR) is 106 cm³/mol. The van der Waals surface area contributed by atoms with Crippen molar-refractivity contribution in [3.8, 4) is 11.6 Å². The van der Waals surface area contributed by atoms with Crippen LogP contribution in [0.2, 0.25) is 0 Å². The molecule has 5 nitrogen and oxygen atoms in total. The Morgan fingerprint density at radius 3 is 2.48 bits per heavy atom. The molecule has 0 atom stereocenters. The number of hydrogen-bond donors (Lipinski definition) is 0. The Balaban J connectivity index is 1.47. The zero-order chi connectivity index (χ0) is 18.6. The van der Waals surface area contributed by atoms with Gasteiger partial charge in [0.15, 0.2) is 0 Å². The molecule has 1 aliphatic carbocycles. The van der Waals surface area contributed by atoms with E-state index < -0.39 is 0 Å². The molecule has 1 aromatic carbocycles.